The topological polar surface area (TPSA) is 98.3 Å². The van der Waals surface area contributed by atoms with Gasteiger partial charge in [0, 0.05) is 52.2 Å². The Bertz CT molecular complexity index is 1820. The summed E-state index contributed by atoms with van der Waals surface area (Å²) in [7, 11) is 0. The summed E-state index contributed by atoms with van der Waals surface area (Å²) in [6, 6.07) is 20.2. The summed E-state index contributed by atoms with van der Waals surface area (Å²) in [4.78, 5) is 25.1. The highest BCUT2D eigenvalue weighted by Gasteiger charge is 2.18. The number of carbonyl (C=O) groups is 1. The molecule has 0 aliphatic heterocycles. The zero-order chi connectivity index (χ0) is 26.9. The van der Waals surface area contributed by atoms with Crippen molar-refractivity contribution in [3.63, 3.8) is 0 Å². The molecule has 0 radical (unpaired) electrons. The van der Waals surface area contributed by atoms with Gasteiger partial charge in [-0.25, -0.2) is 14.2 Å². The van der Waals surface area contributed by atoms with Gasteiger partial charge < -0.3 is 15.5 Å². The number of H-pyrrole nitrogens is 1. The van der Waals surface area contributed by atoms with Crippen LogP contribution in [0.25, 0.3) is 38.8 Å². The molecule has 6 rings (SSSR count). The standard InChI is InChI=1S/C31H26FN5O2/c1-19-13-20(9-11-27(19)32)29-26(6-4-12-34-29)21-8-10-24-16-36-30(37(24)17-21)31(38)39-18-23(33)14-22-15-35-28-7-3-2-5-25(22)28/h2-13,15-17,23,35H,14,18,33H2,1H3/t23-/m1/s1. The number of imidazole rings is 1. The first kappa shape index (κ1) is 24.5. The number of benzene rings is 2. The number of aryl methyl sites for hydroxylation is 1. The number of aromatic nitrogens is 4. The van der Waals surface area contributed by atoms with Crippen molar-refractivity contribution in [3.8, 4) is 22.4 Å². The molecular formula is C31H26FN5O2. The summed E-state index contributed by atoms with van der Waals surface area (Å²) < 4.78 is 21.2. The molecule has 4 heterocycles. The molecule has 0 fully saturated rings. The number of ether oxygens (including phenoxy) is 1. The van der Waals surface area contributed by atoms with Crippen LogP contribution in [0.2, 0.25) is 0 Å². The zero-order valence-electron chi connectivity index (χ0n) is 21.3. The molecule has 8 heteroatoms. The van der Waals surface area contributed by atoms with Crippen LogP contribution in [0.3, 0.4) is 0 Å². The third-order valence-electron chi connectivity index (χ3n) is 6.85. The Labute approximate surface area is 224 Å². The number of nitrogens with two attached hydrogens (primary N) is 1. The molecular weight excluding hydrogens is 493 g/mol. The van der Waals surface area contributed by atoms with Crippen LogP contribution in [0.4, 0.5) is 4.39 Å². The number of carbonyl (C=O) groups excluding carboxylic acids is 1. The van der Waals surface area contributed by atoms with E-state index in [2.05, 4.69) is 15.0 Å². The number of halogens is 1. The minimum atomic E-state index is -0.554. The summed E-state index contributed by atoms with van der Waals surface area (Å²) in [6.07, 6.45) is 7.67. The average molecular weight is 520 g/mol. The Balaban J connectivity index is 1.23. The summed E-state index contributed by atoms with van der Waals surface area (Å²) in [5.74, 6) is -0.656. The van der Waals surface area contributed by atoms with E-state index < -0.39 is 5.97 Å². The van der Waals surface area contributed by atoms with E-state index in [1.807, 2.05) is 60.9 Å². The molecule has 0 saturated heterocycles. The number of nitrogens with one attached hydrogen (secondary N) is 1. The summed E-state index contributed by atoms with van der Waals surface area (Å²) >= 11 is 0. The molecule has 2 aromatic carbocycles. The van der Waals surface area contributed by atoms with E-state index in [1.54, 1.807) is 35.9 Å². The second-order valence-corrected chi connectivity index (χ2v) is 9.58. The van der Waals surface area contributed by atoms with Gasteiger partial charge >= 0.3 is 5.97 Å². The van der Waals surface area contributed by atoms with Crippen molar-refractivity contribution in [1.29, 1.82) is 0 Å². The third kappa shape index (κ3) is 4.78. The van der Waals surface area contributed by atoms with Gasteiger partial charge in [0.1, 0.15) is 12.4 Å². The SMILES string of the molecule is Cc1cc(-c2ncccc2-c2ccc3cnc(C(=O)OC[C@H](N)Cc4c[nH]c5ccccc45)n3c2)ccc1F. The normalized spacial score (nSPS) is 12.2. The fraction of sp³-hybridized carbons (Fsp3) is 0.129. The highest BCUT2D eigenvalue weighted by molar-refractivity contribution is 5.88. The van der Waals surface area contributed by atoms with E-state index >= 15 is 0 Å². The van der Waals surface area contributed by atoms with Gasteiger partial charge in [0.2, 0.25) is 5.82 Å². The van der Waals surface area contributed by atoms with Gasteiger partial charge in [0.25, 0.3) is 0 Å². The van der Waals surface area contributed by atoms with Gasteiger partial charge in [-0.1, -0.05) is 30.3 Å². The molecule has 0 bridgehead atoms. The van der Waals surface area contributed by atoms with Crippen LogP contribution >= 0.6 is 0 Å². The Morgan fingerprint density at radius 1 is 1.08 bits per heavy atom. The molecule has 6 aromatic rings. The molecule has 0 unspecified atom stereocenters. The monoisotopic (exact) mass is 519 g/mol. The van der Waals surface area contributed by atoms with Crippen molar-refractivity contribution < 1.29 is 13.9 Å². The Hall–Kier alpha value is -4.82. The van der Waals surface area contributed by atoms with E-state index in [9.17, 15) is 9.18 Å². The Morgan fingerprint density at radius 3 is 2.79 bits per heavy atom. The lowest BCUT2D eigenvalue weighted by molar-refractivity contribution is 0.0466. The van der Waals surface area contributed by atoms with E-state index in [4.69, 9.17) is 10.5 Å². The molecule has 7 nitrogen and oxygen atoms in total. The van der Waals surface area contributed by atoms with Crippen LogP contribution in [-0.4, -0.2) is 38.0 Å². The number of hydrogen-bond donors (Lipinski definition) is 2. The fourth-order valence-electron chi connectivity index (χ4n) is 4.85. The van der Waals surface area contributed by atoms with E-state index in [1.165, 1.54) is 6.07 Å². The number of aromatic amines is 1. The minimum Gasteiger partial charge on any atom is -0.458 e. The van der Waals surface area contributed by atoms with Gasteiger partial charge in [-0.15, -0.1) is 0 Å². The molecule has 0 spiro atoms. The lowest BCUT2D eigenvalue weighted by Crippen LogP contribution is -2.30. The van der Waals surface area contributed by atoms with Crippen LogP contribution in [0.15, 0.2) is 91.5 Å². The Morgan fingerprint density at radius 2 is 1.92 bits per heavy atom. The quantitative estimate of drug-likeness (QED) is 0.263. The number of esters is 1. The van der Waals surface area contributed by atoms with Gasteiger partial charge in [0.05, 0.1) is 17.4 Å². The largest absolute Gasteiger partial charge is 0.458 e. The summed E-state index contributed by atoms with van der Waals surface area (Å²) in [6.45, 7) is 1.78. The molecule has 194 valence electrons. The average Bonchev–Trinajstić information content (AvgIpc) is 3.57. The molecule has 0 saturated carbocycles. The van der Waals surface area contributed by atoms with Crippen molar-refractivity contribution in [2.24, 2.45) is 5.73 Å². The zero-order valence-corrected chi connectivity index (χ0v) is 21.3. The number of para-hydroxylation sites is 1. The maximum atomic E-state index is 13.9. The minimum absolute atomic E-state index is 0.0591. The maximum absolute atomic E-state index is 13.9. The number of nitrogens with zero attached hydrogens (tertiary/aromatic N) is 3. The number of fused-ring (bicyclic) bond motifs is 2. The van der Waals surface area contributed by atoms with Crippen molar-refractivity contribution in [3.05, 3.63) is 114 Å². The number of pyridine rings is 2. The summed E-state index contributed by atoms with van der Waals surface area (Å²) in [5.41, 5.74) is 12.9. The van der Waals surface area contributed by atoms with Gasteiger partial charge in [-0.3, -0.25) is 9.38 Å². The smallest absolute Gasteiger partial charge is 0.374 e. The number of rotatable bonds is 7. The van der Waals surface area contributed by atoms with Crippen LogP contribution in [0.5, 0.6) is 0 Å². The third-order valence-corrected chi connectivity index (χ3v) is 6.85. The second kappa shape index (κ2) is 10.2. The first-order valence-electron chi connectivity index (χ1n) is 12.6. The lowest BCUT2D eigenvalue weighted by atomic mass is 9.99. The molecule has 39 heavy (non-hydrogen) atoms. The van der Waals surface area contributed by atoms with Crippen molar-refractivity contribution >= 4 is 22.4 Å². The highest BCUT2D eigenvalue weighted by Crippen LogP contribution is 2.31. The summed E-state index contributed by atoms with van der Waals surface area (Å²) in [5, 5.41) is 1.11. The maximum Gasteiger partial charge on any atom is 0.374 e. The molecule has 1 atom stereocenters. The first-order chi connectivity index (χ1) is 19.0. The van der Waals surface area contributed by atoms with Crippen LogP contribution in [-0.2, 0) is 11.2 Å². The van der Waals surface area contributed by atoms with Crippen LogP contribution in [0.1, 0.15) is 21.7 Å². The van der Waals surface area contributed by atoms with E-state index in [-0.39, 0.29) is 24.3 Å². The molecule has 3 N–H and O–H groups in total. The molecule has 0 aliphatic rings. The fourth-order valence-corrected chi connectivity index (χ4v) is 4.85. The van der Waals surface area contributed by atoms with Crippen molar-refractivity contribution in [1.82, 2.24) is 19.4 Å². The van der Waals surface area contributed by atoms with Gasteiger partial charge in [0.15, 0.2) is 0 Å². The molecule has 0 amide bonds. The van der Waals surface area contributed by atoms with Crippen LogP contribution < -0.4 is 5.73 Å². The molecule has 4 aromatic heterocycles. The molecule has 0 aliphatic carbocycles. The van der Waals surface area contributed by atoms with Crippen molar-refractivity contribution in [2.45, 2.75) is 19.4 Å². The first-order valence-corrected chi connectivity index (χ1v) is 12.6. The second-order valence-electron chi connectivity index (χ2n) is 9.58. The highest BCUT2D eigenvalue weighted by atomic mass is 19.1. The van der Waals surface area contributed by atoms with Gasteiger partial charge in [-0.05, 0) is 60.9 Å². The lowest BCUT2D eigenvalue weighted by Gasteiger charge is -2.12. The predicted octanol–water partition coefficient (Wildman–Crippen LogP) is 5.72. The van der Waals surface area contributed by atoms with E-state index in [0.29, 0.717) is 17.7 Å². The van der Waals surface area contributed by atoms with Gasteiger partial charge in [-0.2, -0.15) is 0 Å². The van der Waals surface area contributed by atoms with Crippen molar-refractivity contribution in [2.75, 3.05) is 6.61 Å². The predicted molar refractivity (Wildman–Crippen MR) is 149 cm³/mol. The number of hydrogen-bond acceptors (Lipinski definition) is 5. The van der Waals surface area contributed by atoms with Crippen LogP contribution in [0, 0.1) is 12.7 Å². The Kier molecular flexibility index (Phi) is 6.38. The van der Waals surface area contributed by atoms with E-state index in [0.717, 1.165) is 38.7 Å².